The van der Waals surface area contributed by atoms with Crippen LogP contribution in [0.25, 0.3) is 0 Å². The van der Waals surface area contributed by atoms with Gasteiger partial charge in [-0.1, -0.05) is 26.0 Å². The summed E-state index contributed by atoms with van der Waals surface area (Å²) in [7, 11) is 0. The Morgan fingerprint density at radius 3 is 2.00 bits per heavy atom. The third kappa shape index (κ3) is 2.64. The second-order valence-electron chi connectivity index (χ2n) is 6.47. The monoisotopic (exact) mass is 330 g/mol. The van der Waals surface area contributed by atoms with E-state index in [4.69, 9.17) is 4.74 Å². The quantitative estimate of drug-likeness (QED) is 0.349. The van der Waals surface area contributed by atoms with Crippen LogP contribution in [0.15, 0.2) is 12.2 Å². The van der Waals surface area contributed by atoms with Gasteiger partial charge in [0, 0.05) is 5.56 Å². The zero-order valence-electron chi connectivity index (χ0n) is 13.4. The first-order chi connectivity index (χ1) is 10.6. The highest BCUT2D eigenvalue weighted by Crippen LogP contribution is 2.65. The third-order valence-corrected chi connectivity index (χ3v) is 4.54. The van der Waals surface area contributed by atoms with Gasteiger partial charge in [0.05, 0.1) is 11.0 Å². The molecule has 1 aliphatic carbocycles. The van der Waals surface area contributed by atoms with E-state index in [0.29, 0.717) is 6.42 Å². The summed E-state index contributed by atoms with van der Waals surface area (Å²) in [5, 5.41) is 0. The fraction of sp³-hybridized carbons (Fsp3) is 0.471. The Morgan fingerprint density at radius 2 is 1.61 bits per heavy atom. The predicted octanol–water partition coefficient (Wildman–Crippen LogP) is 4.59. The molecular weight excluding hydrogens is 312 g/mol. The van der Waals surface area contributed by atoms with Crippen molar-refractivity contribution in [1.29, 1.82) is 0 Å². The van der Waals surface area contributed by atoms with Crippen molar-refractivity contribution in [3.05, 3.63) is 46.5 Å². The Labute approximate surface area is 132 Å². The van der Waals surface area contributed by atoms with Gasteiger partial charge in [0.15, 0.2) is 23.3 Å². The molecule has 1 aliphatic rings. The van der Waals surface area contributed by atoms with Crippen LogP contribution in [0.4, 0.5) is 17.6 Å². The molecule has 0 radical (unpaired) electrons. The van der Waals surface area contributed by atoms with Crippen LogP contribution in [0.1, 0.15) is 38.3 Å². The van der Waals surface area contributed by atoms with Gasteiger partial charge in [-0.25, -0.2) is 17.6 Å². The van der Waals surface area contributed by atoms with Gasteiger partial charge in [0.1, 0.15) is 6.61 Å². The van der Waals surface area contributed by atoms with Gasteiger partial charge < -0.3 is 4.74 Å². The van der Waals surface area contributed by atoms with Crippen molar-refractivity contribution in [2.45, 2.75) is 40.7 Å². The summed E-state index contributed by atoms with van der Waals surface area (Å²) in [4.78, 5) is 12.3. The van der Waals surface area contributed by atoms with Crippen molar-refractivity contribution in [1.82, 2.24) is 0 Å². The van der Waals surface area contributed by atoms with Gasteiger partial charge >= 0.3 is 5.97 Å². The number of hydrogen-bond donors (Lipinski definition) is 0. The van der Waals surface area contributed by atoms with Crippen LogP contribution < -0.4 is 0 Å². The third-order valence-electron chi connectivity index (χ3n) is 4.54. The molecule has 1 fully saturated rings. The highest BCUT2D eigenvalue weighted by Gasteiger charge is 2.65. The number of halogens is 4. The minimum absolute atomic E-state index is 0.336. The first-order valence-electron chi connectivity index (χ1n) is 7.21. The molecule has 0 saturated heterocycles. The van der Waals surface area contributed by atoms with Crippen molar-refractivity contribution in [3.8, 4) is 0 Å². The molecule has 1 saturated carbocycles. The zero-order chi connectivity index (χ0) is 17.6. The van der Waals surface area contributed by atoms with Crippen LogP contribution in [0, 0.1) is 41.0 Å². The average molecular weight is 330 g/mol. The summed E-state index contributed by atoms with van der Waals surface area (Å²) in [6.45, 7) is 5.54. The Balaban J connectivity index is 2.24. The first-order valence-corrected chi connectivity index (χ1v) is 7.21. The maximum atomic E-state index is 13.8. The van der Waals surface area contributed by atoms with E-state index in [1.807, 2.05) is 13.8 Å². The SMILES string of the molecule is CC=CC1(C(=O)OCc2c(F)c(F)c(C)c(F)c2F)CC1(C)C. The van der Waals surface area contributed by atoms with Crippen LogP contribution in [-0.2, 0) is 16.1 Å². The van der Waals surface area contributed by atoms with Crippen molar-refractivity contribution < 1.29 is 27.1 Å². The van der Waals surface area contributed by atoms with E-state index >= 15 is 0 Å². The number of allylic oxidation sites excluding steroid dienone is 1. The Kier molecular flexibility index (Phi) is 4.30. The van der Waals surface area contributed by atoms with E-state index in [0.717, 1.165) is 6.92 Å². The van der Waals surface area contributed by atoms with E-state index < -0.39 is 52.4 Å². The molecule has 0 spiro atoms. The van der Waals surface area contributed by atoms with Crippen LogP contribution in [0.2, 0.25) is 0 Å². The van der Waals surface area contributed by atoms with Gasteiger partial charge in [-0.3, -0.25) is 4.79 Å². The van der Waals surface area contributed by atoms with Crippen LogP contribution in [0.5, 0.6) is 0 Å². The van der Waals surface area contributed by atoms with E-state index in [1.165, 1.54) is 0 Å². The lowest BCUT2D eigenvalue weighted by Gasteiger charge is -2.16. The summed E-state index contributed by atoms with van der Waals surface area (Å²) in [5.74, 6) is -6.70. The molecule has 1 aromatic carbocycles. The van der Waals surface area contributed by atoms with E-state index in [1.54, 1.807) is 19.1 Å². The topological polar surface area (TPSA) is 26.3 Å². The molecule has 0 heterocycles. The van der Waals surface area contributed by atoms with Gasteiger partial charge in [0.25, 0.3) is 0 Å². The van der Waals surface area contributed by atoms with Gasteiger partial charge in [-0.15, -0.1) is 0 Å². The molecule has 0 N–H and O–H groups in total. The van der Waals surface area contributed by atoms with Crippen molar-refractivity contribution >= 4 is 5.97 Å². The molecule has 2 nitrogen and oxygen atoms in total. The number of carbonyl (C=O) groups is 1. The smallest absolute Gasteiger partial charge is 0.316 e. The number of benzene rings is 1. The van der Waals surface area contributed by atoms with Gasteiger partial charge in [-0.2, -0.15) is 0 Å². The second-order valence-corrected chi connectivity index (χ2v) is 6.47. The number of ether oxygens (including phenoxy) is 1. The summed E-state index contributed by atoms with van der Waals surface area (Å²) >= 11 is 0. The van der Waals surface area contributed by atoms with Crippen molar-refractivity contribution in [2.75, 3.05) is 0 Å². The van der Waals surface area contributed by atoms with Crippen molar-refractivity contribution in [2.24, 2.45) is 10.8 Å². The standard InChI is InChI=1S/C17H18F4O2/c1-5-6-17(8-16(17,3)4)15(22)23-7-10-13(20)11(18)9(2)12(19)14(10)21/h5-6H,7-8H2,1-4H3. The minimum Gasteiger partial charge on any atom is -0.460 e. The molecule has 0 aliphatic heterocycles. The molecule has 0 aromatic heterocycles. The Bertz CT molecular complexity index is 665. The van der Waals surface area contributed by atoms with E-state index in [2.05, 4.69) is 0 Å². The van der Waals surface area contributed by atoms with E-state index in [9.17, 15) is 22.4 Å². The molecule has 1 unspecified atom stereocenters. The molecule has 0 amide bonds. The lowest BCUT2D eigenvalue weighted by molar-refractivity contribution is -0.151. The predicted molar refractivity (Wildman–Crippen MR) is 76.5 cm³/mol. The molecule has 6 heteroatoms. The first kappa shape index (κ1) is 17.5. The maximum absolute atomic E-state index is 13.8. The number of esters is 1. The summed E-state index contributed by atoms with van der Waals surface area (Å²) in [5.41, 5.74) is -2.87. The fourth-order valence-electron chi connectivity index (χ4n) is 2.82. The second kappa shape index (κ2) is 5.65. The summed E-state index contributed by atoms with van der Waals surface area (Å²) in [6.07, 6.45) is 3.91. The number of carbonyl (C=O) groups excluding carboxylic acids is 1. The lowest BCUT2D eigenvalue weighted by Crippen LogP contribution is -2.22. The largest absolute Gasteiger partial charge is 0.460 e. The van der Waals surface area contributed by atoms with Crippen molar-refractivity contribution in [3.63, 3.8) is 0 Å². The molecule has 2 rings (SSSR count). The van der Waals surface area contributed by atoms with Crippen LogP contribution >= 0.6 is 0 Å². The van der Waals surface area contributed by atoms with Gasteiger partial charge in [0.2, 0.25) is 0 Å². The van der Waals surface area contributed by atoms with Crippen LogP contribution in [-0.4, -0.2) is 5.97 Å². The molecule has 1 aromatic rings. The molecule has 126 valence electrons. The molecule has 0 bridgehead atoms. The highest BCUT2D eigenvalue weighted by atomic mass is 19.2. The Morgan fingerprint density at radius 1 is 1.13 bits per heavy atom. The van der Waals surface area contributed by atoms with Crippen LogP contribution in [0.3, 0.4) is 0 Å². The fourth-order valence-corrected chi connectivity index (χ4v) is 2.82. The van der Waals surface area contributed by atoms with E-state index in [-0.39, 0.29) is 5.41 Å². The normalized spacial score (nSPS) is 22.4. The number of rotatable bonds is 4. The minimum atomic E-state index is -1.54. The van der Waals surface area contributed by atoms with Gasteiger partial charge in [-0.05, 0) is 25.7 Å². The maximum Gasteiger partial charge on any atom is 0.316 e. The average Bonchev–Trinajstić information content (AvgIpc) is 3.05. The molecule has 23 heavy (non-hydrogen) atoms. The summed E-state index contributed by atoms with van der Waals surface area (Å²) < 4.78 is 59.5. The lowest BCUT2D eigenvalue weighted by atomic mass is 9.95. The summed E-state index contributed by atoms with van der Waals surface area (Å²) in [6, 6.07) is 0. The highest BCUT2D eigenvalue weighted by molar-refractivity contribution is 5.84. The number of hydrogen-bond acceptors (Lipinski definition) is 2. The Hall–Kier alpha value is -1.85. The molecular formula is C17H18F4O2. The zero-order valence-corrected chi connectivity index (χ0v) is 13.4. The molecule has 1 atom stereocenters.